The molecule has 1 N–H and O–H groups in total. The molecule has 2 amide bonds. The second kappa shape index (κ2) is 10.8. The van der Waals surface area contributed by atoms with E-state index in [1.54, 1.807) is 24.0 Å². The summed E-state index contributed by atoms with van der Waals surface area (Å²) in [7, 11) is 0. The minimum atomic E-state index is -0.482. The highest BCUT2D eigenvalue weighted by Gasteiger charge is 2.31. The predicted octanol–water partition coefficient (Wildman–Crippen LogP) is 3.03. The number of carbonyl (C=O) groups is 2. The van der Waals surface area contributed by atoms with Crippen molar-refractivity contribution in [2.75, 3.05) is 19.6 Å². The highest BCUT2D eigenvalue weighted by atomic mass is 16.6. The van der Waals surface area contributed by atoms with E-state index in [-0.39, 0.29) is 29.1 Å². The zero-order valence-electron chi connectivity index (χ0n) is 18.6. The molecule has 32 heavy (non-hydrogen) atoms. The summed E-state index contributed by atoms with van der Waals surface area (Å²) in [5, 5.41) is 22.1. The van der Waals surface area contributed by atoms with Crippen LogP contribution in [0.4, 0.5) is 5.69 Å². The third kappa shape index (κ3) is 5.49. The van der Waals surface area contributed by atoms with Gasteiger partial charge in [0.15, 0.2) is 5.69 Å². The van der Waals surface area contributed by atoms with Gasteiger partial charge in [0, 0.05) is 31.8 Å². The van der Waals surface area contributed by atoms with Crippen molar-refractivity contribution in [2.24, 2.45) is 5.92 Å². The first-order chi connectivity index (χ1) is 15.4. The molecule has 0 saturated carbocycles. The molecule has 0 radical (unpaired) electrons. The van der Waals surface area contributed by atoms with Gasteiger partial charge in [-0.1, -0.05) is 37.5 Å². The number of non-ortho nitro benzene ring substituents is 1. The van der Waals surface area contributed by atoms with Crippen LogP contribution in [0.3, 0.4) is 0 Å². The van der Waals surface area contributed by atoms with Crippen LogP contribution in [0.5, 0.6) is 0 Å². The van der Waals surface area contributed by atoms with Crippen molar-refractivity contribution in [3.8, 4) is 5.69 Å². The maximum atomic E-state index is 13.1. The minimum Gasteiger partial charge on any atom is -0.356 e. The van der Waals surface area contributed by atoms with Crippen molar-refractivity contribution in [1.82, 2.24) is 25.2 Å². The number of likely N-dealkylation sites (tertiary alicyclic amines) is 1. The lowest BCUT2D eigenvalue weighted by molar-refractivity contribution is -0.384. The third-order valence-corrected chi connectivity index (χ3v) is 5.79. The van der Waals surface area contributed by atoms with Crippen molar-refractivity contribution in [2.45, 2.75) is 52.4 Å². The van der Waals surface area contributed by atoms with Crippen LogP contribution in [-0.2, 0) is 4.79 Å². The lowest BCUT2D eigenvalue weighted by Gasteiger charge is -2.31. The van der Waals surface area contributed by atoms with Crippen molar-refractivity contribution in [3.05, 3.63) is 45.8 Å². The zero-order valence-corrected chi connectivity index (χ0v) is 18.6. The van der Waals surface area contributed by atoms with Crippen LogP contribution in [0.1, 0.15) is 61.6 Å². The van der Waals surface area contributed by atoms with E-state index >= 15 is 0 Å². The number of hydrogen-bond acceptors (Lipinski definition) is 6. The molecule has 1 aromatic heterocycles. The Bertz CT molecular complexity index is 973. The van der Waals surface area contributed by atoms with Crippen LogP contribution in [-0.4, -0.2) is 56.3 Å². The molecule has 1 aliphatic heterocycles. The average molecular weight is 443 g/mol. The van der Waals surface area contributed by atoms with Crippen molar-refractivity contribution < 1.29 is 14.5 Å². The van der Waals surface area contributed by atoms with E-state index < -0.39 is 4.92 Å². The number of nitro benzene ring substituents is 1. The Morgan fingerprint density at radius 2 is 2.09 bits per heavy atom. The quantitative estimate of drug-likeness (QED) is 0.362. The molecule has 1 saturated heterocycles. The molecule has 2 heterocycles. The first-order valence-electron chi connectivity index (χ1n) is 11.2. The van der Waals surface area contributed by atoms with Gasteiger partial charge in [-0.2, -0.15) is 0 Å². The Morgan fingerprint density at radius 3 is 2.84 bits per heavy atom. The summed E-state index contributed by atoms with van der Waals surface area (Å²) >= 11 is 0. The molecule has 2 aromatic rings. The lowest BCUT2D eigenvalue weighted by Crippen LogP contribution is -2.45. The number of nitrogens with zero attached hydrogens (tertiary/aromatic N) is 5. The molecule has 1 fully saturated rings. The fourth-order valence-corrected chi connectivity index (χ4v) is 3.94. The van der Waals surface area contributed by atoms with E-state index in [4.69, 9.17) is 0 Å². The molecule has 0 bridgehead atoms. The van der Waals surface area contributed by atoms with E-state index in [0.29, 0.717) is 31.0 Å². The number of aromatic nitrogens is 3. The van der Waals surface area contributed by atoms with Crippen LogP contribution in [0.15, 0.2) is 24.3 Å². The molecule has 10 heteroatoms. The molecule has 10 nitrogen and oxygen atoms in total. The highest BCUT2D eigenvalue weighted by molar-refractivity contribution is 5.94. The Hall–Kier alpha value is -3.30. The number of unbranched alkanes of at least 4 members (excludes halogenated alkanes) is 3. The number of benzene rings is 1. The topological polar surface area (TPSA) is 123 Å². The number of hydrogen-bond donors (Lipinski definition) is 1. The van der Waals surface area contributed by atoms with E-state index in [1.807, 2.05) is 0 Å². The molecule has 1 unspecified atom stereocenters. The van der Waals surface area contributed by atoms with Gasteiger partial charge < -0.3 is 10.2 Å². The van der Waals surface area contributed by atoms with E-state index in [0.717, 1.165) is 38.5 Å². The zero-order chi connectivity index (χ0) is 23.1. The van der Waals surface area contributed by atoms with Gasteiger partial charge in [-0.25, -0.2) is 4.68 Å². The van der Waals surface area contributed by atoms with Crippen LogP contribution >= 0.6 is 0 Å². The van der Waals surface area contributed by atoms with Gasteiger partial charge in [0.05, 0.1) is 22.2 Å². The third-order valence-electron chi connectivity index (χ3n) is 5.79. The molecule has 1 aliphatic rings. The monoisotopic (exact) mass is 442 g/mol. The average Bonchev–Trinajstić information content (AvgIpc) is 3.19. The fraction of sp³-hybridized carbons (Fsp3) is 0.545. The SMILES string of the molecule is CCCCCCNC(=O)C1CCCN(C(=O)c2nnn(-c3cccc([N+](=O)[O-])c3)c2C)C1. The summed E-state index contributed by atoms with van der Waals surface area (Å²) in [6.45, 7) is 5.43. The second-order valence-corrected chi connectivity index (χ2v) is 8.15. The van der Waals surface area contributed by atoms with Crippen LogP contribution in [0.2, 0.25) is 0 Å². The van der Waals surface area contributed by atoms with E-state index in [2.05, 4.69) is 22.6 Å². The van der Waals surface area contributed by atoms with Crippen LogP contribution in [0, 0.1) is 23.0 Å². The minimum absolute atomic E-state index is 0.00373. The Morgan fingerprint density at radius 1 is 1.28 bits per heavy atom. The molecular weight excluding hydrogens is 412 g/mol. The highest BCUT2D eigenvalue weighted by Crippen LogP contribution is 2.22. The number of rotatable bonds is 9. The van der Waals surface area contributed by atoms with E-state index in [1.165, 1.54) is 16.8 Å². The fourth-order valence-electron chi connectivity index (χ4n) is 3.94. The number of carbonyl (C=O) groups excluding carboxylic acids is 2. The standard InChI is InChI=1S/C22H30N6O4/c1-3-4-5-6-12-23-21(29)17-9-8-13-26(15-17)22(30)20-16(2)27(25-24-20)18-10-7-11-19(14-18)28(31)32/h7,10-11,14,17H,3-6,8-9,12-13,15H2,1-2H3,(H,23,29). The number of nitro groups is 1. The normalized spacial score (nSPS) is 16.1. The molecule has 1 atom stereocenters. The number of nitrogens with one attached hydrogen (secondary N) is 1. The largest absolute Gasteiger partial charge is 0.356 e. The van der Waals surface area contributed by atoms with E-state index in [9.17, 15) is 19.7 Å². The Balaban J connectivity index is 1.65. The molecular formula is C22H30N6O4. The van der Waals surface area contributed by atoms with Crippen molar-refractivity contribution in [3.63, 3.8) is 0 Å². The van der Waals surface area contributed by atoms with Gasteiger partial charge in [-0.3, -0.25) is 19.7 Å². The van der Waals surface area contributed by atoms with Gasteiger partial charge in [0.1, 0.15) is 0 Å². The Labute approximate surface area is 187 Å². The van der Waals surface area contributed by atoms with Gasteiger partial charge >= 0.3 is 0 Å². The van der Waals surface area contributed by atoms with Gasteiger partial charge in [0.2, 0.25) is 5.91 Å². The molecule has 0 aliphatic carbocycles. The first kappa shape index (κ1) is 23.4. The van der Waals surface area contributed by atoms with Crippen LogP contribution in [0.25, 0.3) is 5.69 Å². The smallest absolute Gasteiger partial charge is 0.276 e. The van der Waals surface area contributed by atoms with Crippen LogP contribution < -0.4 is 5.32 Å². The summed E-state index contributed by atoms with van der Waals surface area (Å²) in [6, 6.07) is 6.01. The summed E-state index contributed by atoms with van der Waals surface area (Å²) in [5.74, 6) is -0.512. The second-order valence-electron chi connectivity index (χ2n) is 8.15. The predicted molar refractivity (Wildman–Crippen MR) is 119 cm³/mol. The molecule has 172 valence electrons. The van der Waals surface area contributed by atoms with Gasteiger partial charge in [-0.05, 0) is 32.3 Å². The number of piperidine rings is 1. The summed E-state index contributed by atoms with van der Waals surface area (Å²) in [6.07, 6.45) is 5.89. The Kier molecular flexibility index (Phi) is 7.91. The van der Waals surface area contributed by atoms with Crippen molar-refractivity contribution in [1.29, 1.82) is 0 Å². The summed E-state index contributed by atoms with van der Waals surface area (Å²) < 4.78 is 1.42. The lowest BCUT2D eigenvalue weighted by atomic mass is 9.96. The van der Waals surface area contributed by atoms with Gasteiger partial charge in [0.25, 0.3) is 11.6 Å². The van der Waals surface area contributed by atoms with Crippen molar-refractivity contribution >= 4 is 17.5 Å². The molecule has 0 spiro atoms. The molecule has 3 rings (SSSR count). The summed E-state index contributed by atoms with van der Waals surface area (Å²) in [5.41, 5.74) is 1.09. The first-order valence-corrected chi connectivity index (χ1v) is 11.2. The summed E-state index contributed by atoms with van der Waals surface area (Å²) in [4.78, 5) is 37.9. The maximum Gasteiger partial charge on any atom is 0.276 e. The maximum absolute atomic E-state index is 13.1. The molecule has 1 aromatic carbocycles. The van der Waals surface area contributed by atoms with Gasteiger partial charge in [-0.15, -0.1) is 5.10 Å². The number of amides is 2.